The Labute approximate surface area is 109 Å². The van der Waals surface area contributed by atoms with Crippen LogP contribution in [0.4, 0.5) is 5.69 Å². The van der Waals surface area contributed by atoms with Crippen LogP contribution < -0.4 is 5.32 Å². The Morgan fingerprint density at radius 3 is 2.67 bits per heavy atom. The van der Waals surface area contributed by atoms with Gasteiger partial charge in [0.25, 0.3) is 0 Å². The number of benzene rings is 1. The second-order valence-electron chi connectivity index (χ2n) is 4.70. The lowest BCUT2D eigenvalue weighted by molar-refractivity contribution is 0.793. The molecule has 3 heteroatoms. The van der Waals surface area contributed by atoms with Crippen molar-refractivity contribution in [2.45, 2.75) is 39.2 Å². The van der Waals surface area contributed by atoms with Gasteiger partial charge in [0.1, 0.15) is 0 Å². The number of anilines is 1. The first-order valence-electron chi connectivity index (χ1n) is 6.63. The van der Waals surface area contributed by atoms with Crippen molar-refractivity contribution in [3.05, 3.63) is 47.8 Å². The van der Waals surface area contributed by atoms with Crippen molar-refractivity contribution >= 4 is 5.69 Å². The number of hydrogen-bond acceptors (Lipinski definition) is 2. The Morgan fingerprint density at radius 1 is 1.28 bits per heavy atom. The molecule has 2 aromatic rings. The fourth-order valence-corrected chi connectivity index (χ4v) is 2.02. The van der Waals surface area contributed by atoms with Crippen LogP contribution in [0.5, 0.6) is 0 Å². The molecule has 96 valence electrons. The molecule has 1 unspecified atom stereocenters. The van der Waals surface area contributed by atoms with Crippen LogP contribution in [0.3, 0.4) is 0 Å². The zero-order valence-corrected chi connectivity index (χ0v) is 11.1. The first-order valence-corrected chi connectivity index (χ1v) is 6.63. The van der Waals surface area contributed by atoms with E-state index in [9.17, 15) is 0 Å². The molecule has 0 saturated carbocycles. The quantitative estimate of drug-likeness (QED) is 0.807. The van der Waals surface area contributed by atoms with Gasteiger partial charge in [-0.1, -0.05) is 37.6 Å². The molecule has 0 aliphatic rings. The summed E-state index contributed by atoms with van der Waals surface area (Å²) in [6, 6.07) is 9.19. The van der Waals surface area contributed by atoms with Gasteiger partial charge in [-0.3, -0.25) is 5.10 Å². The molecule has 0 aliphatic carbocycles. The summed E-state index contributed by atoms with van der Waals surface area (Å²) in [5.41, 5.74) is 3.75. The summed E-state index contributed by atoms with van der Waals surface area (Å²) < 4.78 is 0. The molecule has 0 bridgehead atoms. The maximum atomic E-state index is 3.93. The Balaban J connectivity index is 1.96. The molecular weight excluding hydrogens is 222 g/mol. The molecule has 3 nitrogen and oxygen atoms in total. The zero-order chi connectivity index (χ0) is 12.8. The van der Waals surface area contributed by atoms with Crippen molar-refractivity contribution in [1.29, 1.82) is 0 Å². The normalized spacial score (nSPS) is 12.3. The van der Waals surface area contributed by atoms with E-state index >= 15 is 0 Å². The highest BCUT2D eigenvalue weighted by Crippen LogP contribution is 2.19. The van der Waals surface area contributed by atoms with Gasteiger partial charge in [0.2, 0.25) is 0 Å². The summed E-state index contributed by atoms with van der Waals surface area (Å²) in [7, 11) is 0. The molecule has 0 aliphatic heterocycles. The van der Waals surface area contributed by atoms with Gasteiger partial charge in [0, 0.05) is 12.2 Å². The number of nitrogens with one attached hydrogen (secondary N) is 2. The third-order valence-corrected chi connectivity index (χ3v) is 3.18. The average Bonchev–Trinajstić information content (AvgIpc) is 2.89. The van der Waals surface area contributed by atoms with E-state index in [1.54, 1.807) is 6.20 Å². The minimum atomic E-state index is 0.294. The second kappa shape index (κ2) is 6.24. The summed E-state index contributed by atoms with van der Waals surface area (Å²) in [6.07, 6.45) is 7.36. The van der Waals surface area contributed by atoms with Crippen molar-refractivity contribution < 1.29 is 0 Å². The van der Waals surface area contributed by atoms with E-state index in [0.29, 0.717) is 6.04 Å². The van der Waals surface area contributed by atoms with Gasteiger partial charge >= 0.3 is 0 Å². The average molecular weight is 243 g/mol. The number of H-pyrrole nitrogens is 1. The molecule has 0 saturated heterocycles. The van der Waals surface area contributed by atoms with E-state index in [2.05, 4.69) is 53.6 Å². The van der Waals surface area contributed by atoms with Gasteiger partial charge in [0.05, 0.1) is 11.9 Å². The molecule has 1 atom stereocenters. The highest BCUT2D eigenvalue weighted by atomic mass is 15.1. The van der Waals surface area contributed by atoms with Crippen molar-refractivity contribution in [1.82, 2.24) is 10.2 Å². The first kappa shape index (κ1) is 12.7. The lowest BCUT2D eigenvalue weighted by Crippen LogP contribution is -2.05. The summed E-state index contributed by atoms with van der Waals surface area (Å²) >= 11 is 0. The SMILES string of the molecule is CCCCc1ccc(C(C)Nc2cn[nH]c2)cc1. The molecule has 0 amide bonds. The van der Waals surface area contributed by atoms with Crippen LogP contribution in [-0.2, 0) is 6.42 Å². The third-order valence-electron chi connectivity index (χ3n) is 3.18. The number of aryl methyl sites for hydroxylation is 1. The lowest BCUT2D eigenvalue weighted by Gasteiger charge is -2.14. The first-order chi connectivity index (χ1) is 8.79. The standard InChI is InChI=1S/C15H21N3/c1-3-4-5-13-6-8-14(9-7-13)12(2)18-15-10-16-17-11-15/h6-12,18H,3-5H2,1-2H3,(H,16,17). The van der Waals surface area contributed by atoms with Crippen LogP contribution in [0.1, 0.15) is 43.9 Å². The Kier molecular flexibility index (Phi) is 4.40. The maximum absolute atomic E-state index is 3.93. The minimum absolute atomic E-state index is 0.294. The maximum Gasteiger partial charge on any atom is 0.0728 e. The molecule has 1 heterocycles. The predicted molar refractivity (Wildman–Crippen MR) is 75.7 cm³/mol. The van der Waals surface area contributed by atoms with Gasteiger partial charge < -0.3 is 5.32 Å². The molecule has 0 fully saturated rings. The molecule has 2 rings (SSSR count). The Hall–Kier alpha value is -1.77. The van der Waals surface area contributed by atoms with Crippen LogP contribution >= 0.6 is 0 Å². The number of aromatic amines is 1. The van der Waals surface area contributed by atoms with Crippen LogP contribution in [-0.4, -0.2) is 10.2 Å². The highest BCUT2D eigenvalue weighted by Gasteiger charge is 2.05. The van der Waals surface area contributed by atoms with Crippen molar-refractivity contribution in [2.75, 3.05) is 5.32 Å². The summed E-state index contributed by atoms with van der Waals surface area (Å²) in [4.78, 5) is 0. The fraction of sp³-hybridized carbons (Fsp3) is 0.400. The van der Waals surface area contributed by atoms with Crippen LogP contribution in [0.2, 0.25) is 0 Å². The second-order valence-corrected chi connectivity index (χ2v) is 4.70. The molecule has 1 aromatic heterocycles. The van der Waals surface area contributed by atoms with E-state index in [4.69, 9.17) is 0 Å². The Bertz CT molecular complexity index is 445. The van der Waals surface area contributed by atoms with E-state index in [-0.39, 0.29) is 0 Å². The minimum Gasteiger partial charge on any atom is -0.376 e. The van der Waals surface area contributed by atoms with Crippen molar-refractivity contribution in [2.24, 2.45) is 0 Å². The van der Waals surface area contributed by atoms with E-state index < -0.39 is 0 Å². The van der Waals surface area contributed by atoms with Gasteiger partial charge in [-0.15, -0.1) is 0 Å². The molecular formula is C15H21N3. The summed E-state index contributed by atoms with van der Waals surface area (Å²) in [5, 5.41) is 10.1. The van der Waals surface area contributed by atoms with E-state index in [0.717, 1.165) is 5.69 Å². The topological polar surface area (TPSA) is 40.7 Å². The molecule has 2 N–H and O–H groups in total. The van der Waals surface area contributed by atoms with Crippen molar-refractivity contribution in [3.63, 3.8) is 0 Å². The number of hydrogen-bond donors (Lipinski definition) is 2. The number of rotatable bonds is 6. The van der Waals surface area contributed by atoms with Crippen molar-refractivity contribution in [3.8, 4) is 0 Å². The third kappa shape index (κ3) is 3.36. The van der Waals surface area contributed by atoms with Gasteiger partial charge in [-0.2, -0.15) is 5.10 Å². The molecule has 0 spiro atoms. The van der Waals surface area contributed by atoms with Crippen LogP contribution in [0.15, 0.2) is 36.7 Å². The number of unbranched alkanes of at least 4 members (excludes halogenated alkanes) is 1. The smallest absolute Gasteiger partial charge is 0.0728 e. The zero-order valence-electron chi connectivity index (χ0n) is 11.1. The highest BCUT2D eigenvalue weighted by molar-refractivity contribution is 5.41. The predicted octanol–water partition coefficient (Wildman–Crippen LogP) is 3.93. The van der Waals surface area contributed by atoms with Gasteiger partial charge in [0.15, 0.2) is 0 Å². The van der Waals surface area contributed by atoms with Gasteiger partial charge in [-0.05, 0) is 30.9 Å². The van der Waals surface area contributed by atoms with Crippen LogP contribution in [0, 0.1) is 0 Å². The van der Waals surface area contributed by atoms with Gasteiger partial charge in [-0.25, -0.2) is 0 Å². The molecule has 18 heavy (non-hydrogen) atoms. The largest absolute Gasteiger partial charge is 0.376 e. The monoisotopic (exact) mass is 243 g/mol. The summed E-state index contributed by atoms with van der Waals surface area (Å²) in [5.74, 6) is 0. The number of aromatic nitrogens is 2. The van der Waals surface area contributed by atoms with E-state index in [1.807, 2.05) is 6.20 Å². The Morgan fingerprint density at radius 2 is 2.06 bits per heavy atom. The molecule has 1 aromatic carbocycles. The van der Waals surface area contributed by atoms with Crippen LogP contribution in [0.25, 0.3) is 0 Å². The number of nitrogens with zero attached hydrogens (tertiary/aromatic N) is 1. The molecule has 0 radical (unpaired) electrons. The summed E-state index contributed by atoms with van der Waals surface area (Å²) in [6.45, 7) is 4.39. The fourth-order valence-electron chi connectivity index (χ4n) is 2.02. The lowest BCUT2D eigenvalue weighted by atomic mass is 10.0. The van der Waals surface area contributed by atoms with E-state index in [1.165, 1.54) is 30.4 Å².